The summed E-state index contributed by atoms with van der Waals surface area (Å²) >= 11 is 0. The van der Waals surface area contributed by atoms with Gasteiger partial charge in [0.25, 0.3) is 0 Å². The van der Waals surface area contributed by atoms with E-state index in [1.807, 2.05) is 90.2 Å². The average molecular weight is 430 g/mol. The van der Waals surface area contributed by atoms with Crippen molar-refractivity contribution in [1.29, 1.82) is 0 Å². The summed E-state index contributed by atoms with van der Waals surface area (Å²) in [7, 11) is -3.69. The molecule has 1 atom stereocenters. The molecule has 0 aromatic heterocycles. The van der Waals surface area contributed by atoms with Crippen molar-refractivity contribution < 1.29 is 18.9 Å². The number of para-hydroxylation sites is 2. The molecule has 0 bridgehead atoms. The van der Waals surface area contributed by atoms with E-state index in [1.165, 1.54) is 0 Å². The second-order valence-electron chi connectivity index (χ2n) is 7.13. The monoisotopic (exact) mass is 430 g/mol. The van der Waals surface area contributed by atoms with Gasteiger partial charge in [-0.2, -0.15) is 0 Å². The van der Waals surface area contributed by atoms with Gasteiger partial charge in [-0.15, -0.1) is 0 Å². The molecular formula is C26H25NO3P+. The fourth-order valence-corrected chi connectivity index (χ4v) is 5.34. The van der Waals surface area contributed by atoms with Crippen molar-refractivity contribution in [2.75, 3.05) is 0 Å². The van der Waals surface area contributed by atoms with Crippen LogP contribution in [0.3, 0.4) is 0 Å². The molecule has 0 spiro atoms. The smallest absolute Gasteiger partial charge is 0.412 e. The van der Waals surface area contributed by atoms with Crippen molar-refractivity contribution in [3.8, 4) is 11.5 Å². The normalized spacial score (nSPS) is 12.1. The molecule has 0 radical (unpaired) electrons. The summed E-state index contributed by atoms with van der Waals surface area (Å²) in [5.74, 6) is 0.473. The zero-order valence-corrected chi connectivity index (χ0v) is 18.0. The van der Waals surface area contributed by atoms with E-state index in [1.54, 1.807) is 24.3 Å². The molecule has 0 aliphatic carbocycles. The van der Waals surface area contributed by atoms with Crippen LogP contribution < -0.4 is 14.4 Å². The van der Waals surface area contributed by atoms with Gasteiger partial charge >= 0.3 is 7.60 Å². The summed E-state index contributed by atoms with van der Waals surface area (Å²) in [6.45, 7) is 0.640. The van der Waals surface area contributed by atoms with E-state index in [4.69, 9.17) is 9.05 Å². The van der Waals surface area contributed by atoms with Gasteiger partial charge in [-0.3, -0.25) is 0 Å². The van der Waals surface area contributed by atoms with Crippen molar-refractivity contribution in [1.82, 2.24) is 0 Å². The average Bonchev–Trinajstić information content (AvgIpc) is 2.82. The number of quaternary nitrogens is 1. The third kappa shape index (κ3) is 5.64. The predicted molar refractivity (Wildman–Crippen MR) is 123 cm³/mol. The highest BCUT2D eigenvalue weighted by atomic mass is 31.2. The molecule has 4 rings (SSSR count). The second kappa shape index (κ2) is 10.1. The lowest BCUT2D eigenvalue weighted by Crippen LogP contribution is -2.83. The Hall–Kier alpha value is -3.33. The van der Waals surface area contributed by atoms with Crippen LogP contribution in [0.25, 0.3) is 0 Å². The Kier molecular flexibility index (Phi) is 6.83. The van der Waals surface area contributed by atoms with Gasteiger partial charge in [0, 0.05) is 11.1 Å². The van der Waals surface area contributed by atoms with Crippen LogP contribution in [0.4, 0.5) is 0 Å². The summed E-state index contributed by atoms with van der Waals surface area (Å²) in [6, 6.07) is 38.2. The summed E-state index contributed by atoms with van der Waals surface area (Å²) < 4.78 is 26.6. The molecular weight excluding hydrogens is 405 g/mol. The molecule has 0 aliphatic heterocycles. The summed E-state index contributed by atoms with van der Waals surface area (Å²) in [4.78, 5) is 0. The maximum Gasteiger partial charge on any atom is 0.492 e. The van der Waals surface area contributed by atoms with Crippen LogP contribution in [0.1, 0.15) is 16.9 Å². The summed E-state index contributed by atoms with van der Waals surface area (Å²) in [6.07, 6.45) is 0. The quantitative estimate of drug-likeness (QED) is 0.342. The molecule has 0 aliphatic rings. The highest BCUT2D eigenvalue weighted by Crippen LogP contribution is 2.57. The molecule has 0 saturated heterocycles. The van der Waals surface area contributed by atoms with Crippen LogP contribution in [0.15, 0.2) is 121 Å². The van der Waals surface area contributed by atoms with Gasteiger partial charge in [0.15, 0.2) is 0 Å². The van der Waals surface area contributed by atoms with Crippen molar-refractivity contribution in [2.45, 2.75) is 12.3 Å². The number of hydrogen-bond acceptors (Lipinski definition) is 3. The van der Waals surface area contributed by atoms with Crippen molar-refractivity contribution in [3.63, 3.8) is 0 Å². The zero-order chi connectivity index (χ0) is 21.4. The predicted octanol–water partition coefficient (Wildman–Crippen LogP) is 5.80. The SMILES string of the molecule is O=P(Oc1ccccc1)(Oc1ccccc1)[C@H]([NH2+]Cc1ccccc1)c1ccccc1. The highest BCUT2D eigenvalue weighted by molar-refractivity contribution is 7.54. The Morgan fingerprint density at radius 3 is 1.52 bits per heavy atom. The molecule has 0 heterocycles. The van der Waals surface area contributed by atoms with Gasteiger partial charge in [0.05, 0.1) is 0 Å². The largest absolute Gasteiger partial charge is 0.492 e. The van der Waals surface area contributed by atoms with Crippen LogP contribution >= 0.6 is 7.60 Å². The first-order valence-corrected chi connectivity index (χ1v) is 11.9. The topological polar surface area (TPSA) is 52.1 Å². The van der Waals surface area contributed by atoms with Crippen LogP contribution in [-0.2, 0) is 11.1 Å². The molecule has 0 unspecified atom stereocenters. The van der Waals surface area contributed by atoms with Crippen LogP contribution in [0, 0.1) is 0 Å². The molecule has 4 aromatic rings. The Labute approximate surface area is 183 Å². The van der Waals surface area contributed by atoms with E-state index in [-0.39, 0.29) is 0 Å². The molecule has 2 N–H and O–H groups in total. The molecule has 4 aromatic carbocycles. The lowest BCUT2D eigenvalue weighted by molar-refractivity contribution is -0.693. The maximum atomic E-state index is 14.4. The van der Waals surface area contributed by atoms with E-state index >= 15 is 0 Å². The van der Waals surface area contributed by atoms with E-state index in [0.717, 1.165) is 11.1 Å². The van der Waals surface area contributed by atoms with Gasteiger partial charge in [0.2, 0.25) is 5.78 Å². The second-order valence-corrected chi connectivity index (χ2v) is 9.13. The third-order valence-corrected chi connectivity index (χ3v) is 6.97. The van der Waals surface area contributed by atoms with E-state index in [2.05, 4.69) is 12.1 Å². The standard InChI is InChI=1S/C26H24NO3P/c28-31(29-24-17-9-3-10-18-24,30-25-19-11-4-12-20-25)26(23-15-7-2-8-16-23)27-21-22-13-5-1-6-14-22/h1-20,26-27H,21H2/p+1/t26-/m0/s1. The lowest BCUT2D eigenvalue weighted by atomic mass is 10.2. The Bertz CT molecular complexity index is 1060. The first-order valence-electron chi connectivity index (χ1n) is 10.2. The molecule has 0 saturated carbocycles. The van der Waals surface area contributed by atoms with E-state index in [9.17, 15) is 4.57 Å². The maximum absolute atomic E-state index is 14.4. The highest BCUT2D eigenvalue weighted by Gasteiger charge is 2.44. The molecule has 0 fully saturated rings. The van der Waals surface area contributed by atoms with Crippen molar-refractivity contribution in [2.24, 2.45) is 0 Å². The van der Waals surface area contributed by atoms with Gasteiger partial charge in [0.1, 0.15) is 18.0 Å². The minimum absolute atomic E-state index is 0.510. The van der Waals surface area contributed by atoms with Crippen molar-refractivity contribution in [3.05, 3.63) is 132 Å². The Morgan fingerprint density at radius 1 is 0.613 bits per heavy atom. The summed E-state index contributed by atoms with van der Waals surface area (Å²) in [5.41, 5.74) is 2.02. The number of rotatable bonds is 9. The summed E-state index contributed by atoms with van der Waals surface area (Å²) in [5, 5.41) is 2.03. The number of hydrogen-bond donors (Lipinski definition) is 1. The zero-order valence-electron chi connectivity index (χ0n) is 17.1. The molecule has 156 valence electrons. The van der Waals surface area contributed by atoms with Gasteiger partial charge in [-0.05, 0) is 24.3 Å². The fourth-order valence-electron chi connectivity index (χ4n) is 3.35. The van der Waals surface area contributed by atoms with Crippen LogP contribution in [0.2, 0.25) is 0 Å². The first kappa shape index (κ1) is 20.9. The Morgan fingerprint density at radius 2 is 1.03 bits per heavy atom. The van der Waals surface area contributed by atoms with E-state index < -0.39 is 13.4 Å². The van der Waals surface area contributed by atoms with Gasteiger partial charge in [-0.25, -0.2) is 4.57 Å². The molecule has 5 heteroatoms. The molecule has 31 heavy (non-hydrogen) atoms. The number of benzene rings is 4. The minimum Gasteiger partial charge on any atom is -0.412 e. The van der Waals surface area contributed by atoms with Gasteiger partial charge < -0.3 is 14.4 Å². The third-order valence-electron chi connectivity index (χ3n) is 4.85. The van der Waals surface area contributed by atoms with E-state index in [0.29, 0.717) is 18.0 Å². The molecule has 0 amide bonds. The minimum atomic E-state index is -3.69. The van der Waals surface area contributed by atoms with Gasteiger partial charge in [-0.1, -0.05) is 97.1 Å². The molecule has 4 nitrogen and oxygen atoms in total. The fraction of sp³-hybridized carbons (Fsp3) is 0.0769. The van der Waals surface area contributed by atoms with Crippen LogP contribution in [0.5, 0.6) is 11.5 Å². The first-order chi connectivity index (χ1) is 15.2. The Balaban J connectivity index is 1.71. The number of nitrogens with two attached hydrogens (primary N) is 1. The van der Waals surface area contributed by atoms with Crippen molar-refractivity contribution >= 4 is 7.60 Å². The lowest BCUT2D eigenvalue weighted by Gasteiger charge is -2.26. The van der Waals surface area contributed by atoms with Crippen LogP contribution in [-0.4, -0.2) is 0 Å².